The average Bonchev–Trinajstić information content (AvgIpc) is 3.16. The number of ether oxygens (including phenoxy) is 2. The number of hydrogen-bond acceptors (Lipinski definition) is 4. The molecule has 0 bridgehead atoms. The lowest BCUT2D eigenvalue weighted by Crippen LogP contribution is -2.23. The van der Waals surface area contributed by atoms with Crippen molar-refractivity contribution in [3.05, 3.63) is 53.7 Å². The van der Waals surface area contributed by atoms with Gasteiger partial charge in [0.1, 0.15) is 6.10 Å². The normalized spacial score (nSPS) is 15.2. The molecule has 0 unspecified atom stereocenters. The van der Waals surface area contributed by atoms with Crippen LogP contribution in [0.4, 0.5) is 5.69 Å². The Morgan fingerprint density at radius 2 is 2.04 bits per heavy atom. The van der Waals surface area contributed by atoms with E-state index in [1.165, 1.54) is 12.8 Å². The number of benzene rings is 1. The highest BCUT2D eigenvalue weighted by Gasteiger charge is 2.16. The maximum absolute atomic E-state index is 6.01. The molecule has 2 aromatic rings. The summed E-state index contributed by atoms with van der Waals surface area (Å²) >= 11 is 0. The first-order valence-corrected chi connectivity index (χ1v) is 9.00. The van der Waals surface area contributed by atoms with Crippen LogP contribution >= 0.6 is 0 Å². The van der Waals surface area contributed by atoms with Crippen LogP contribution < -0.4 is 15.8 Å². The minimum Gasteiger partial charge on any atom is -0.474 e. The molecule has 1 heterocycles. The second kappa shape index (κ2) is 9.20. The van der Waals surface area contributed by atoms with Gasteiger partial charge in [0.2, 0.25) is 5.88 Å². The Kier molecular flexibility index (Phi) is 6.44. The molecule has 1 aliphatic rings. The summed E-state index contributed by atoms with van der Waals surface area (Å²) in [5.74, 6) is 1.05. The number of nitrogens with one attached hydrogen (secondary N) is 1. The highest BCUT2D eigenvalue weighted by atomic mass is 16.5. The second-order valence-corrected chi connectivity index (χ2v) is 6.45. The minimum atomic E-state index is 0.318. The molecule has 0 amide bonds. The van der Waals surface area contributed by atoms with Gasteiger partial charge in [-0.15, -0.1) is 0 Å². The first kappa shape index (κ1) is 18.2. The fourth-order valence-corrected chi connectivity index (χ4v) is 3.03. The molecule has 3 rings (SSSR count). The summed E-state index contributed by atoms with van der Waals surface area (Å²) in [6, 6.07) is 11.7. The van der Waals surface area contributed by atoms with Gasteiger partial charge in [-0.25, -0.2) is 9.98 Å². The molecule has 1 saturated carbocycles. The summed E-state index contributed by atoms with van der Waals surface area (Å²) < 4.78 is 11.1. The molecular formula is C20H26N4O2. The number of para-hydroxylation sites is 1. The minimum absolute atomic E-state index is 0.318. The molecule has 1 aliphatic carbocycles. The van der Waals surface area contributed by atoms with Crippen LogP contribution in [-0.2, 0) is 17.9 Å². The van der Waals surface area contributed by atoms with Gasteiger partial charge in [-0.2, -0.15) is 0 Å². The van der Waals surface area contributed by atoms with Crippen molar-refractivity contribution >= 4 is 11.6 Å². The van der Waals surface area contributed by atoms with E-state index in [4.69, 9.17) is 15.2 Å². The molecular weight excluding hydrogens is 328 g/mol. The number of pyridine rings is 1. The highest BCUT2D eigenvalue weighted by Crippen LogP contribution is 2.23. The number of guanidine groups is 1. The highest BCUT2D eigenvalue weighted by molar-refractivity contribution is 5.92. The van der Waals surface area contributed by atoms with Crippen molar-refractivity contribution < 1.29 is 9.47 Å². The van der Waals surface area contributed by atoms with Gasteiger partial charge in [0.25, 0.3) is 0 Å². The van der Waals surface area contributed by atoms with E-state index >= 15 is 0 Å². The first-order chi connectivity index (χ1) is 12.7. The molecule has 0 aliphatic heterocycles. The van der Waals surface area contributed by atoms with Gasteiger partial charge in [-0.1, -0.05) is 24.3 Å². The monoisotopic (exact) mass is 354 g/mol. The molecule has 1 aromatic carbocycles. The Labute approximate surface area is 154 Å². The zero-order valence-electron chi connectivity index (χ0n) is 15.1. The molecule has 26 heavy (non-hydrogen) atoms. The van der Waals surface area contributed by atoms with E-state index in [2.05, 4.69) is 15.3 Å². The van der Waals surface area contributed by atoms with E-state index in [1.807, 2.05) is 36.4 Å². The van der Waals surface area contributed by atoms with E-state index in [0.29, 0.717) is 31.1 Å². The Bertz CT molecular complexity index is 725. The largest absolute Gasteiger partial charge is 0.474 e. The molecule has 6 nitrogen and oxygen atoms in total. The van der Waals surface area contributed by atoms with Gasteiger partial charge in [0, 0.05) is 30.6 Å². The molecule has 1 aromatic heterocycles. The van der Waals surface area contributed by atoms with Gasteiger partial charge < -0.3 is 20.5 Å². The van der Waals surface area contributed by atoms with E-state index in [-0.39, 0.29) is 0 Å². The third kappa shape index (κ3) is 5.20. The molecule has 6 heteroatoms. The van der Waals surface area contributed by atoms with Crippen molar-refractivity contribution in [2.75, 3.05) is 12.4 Å². The predicted molar refractivity (Wildman–Crippen MR) is 103 cm³/mol. The lowest BCUT2D eigenvalue weighted by Gasteiger charge is -2.12. The molecule has 0 spiro atoms. The number of nitrogens with zero attached hydrogens (tertiary/aromatic N) is 2. The maximum Gasteiger partial charge on any atom is 0.213 e. The summed E-state index contributed by atoms with van der Waals surface area (Å²) in [4.78, 5) is 8.76. The summed E-state index contributed by atoms with van der Waals surface area (Å²) in [5, 5.41) is 3.13. The van der Waals surface area contributed by atoms with Gasteiger partial charge in [-0.05, 0) is 37.3 Å². The van der Waals surface area contributed by atoms with E-state index in [0.717, 1.165) is 29.7 Å². The zero-order valence-corrected chi connectivity index (χ0v) is 15.1. The molecule has 3 N–H and O–H groups in total. The number of aliphatic imine (C=N–C) groups is 1. The van der Waals surface area contributed by atoms with Gasteiger partial charge in [0.05, 0.1) is 13.2 Å². The van der Waals surface area contributed by atoms with Crippen LogP contribution in [0.3, 0.4) is 0 Å². The zero-order chi connectivity index (χ0) is 18.2. The van der Waals surface area contributed by atoms with Crippen LogP contribution in [0, 0.1) is 0 Å². The number of nitrogens with two attached hydrogens (primary N) is 1. The van der Waals surface area contributed by atoms with Crippen LogP contribution in [0.15, 0.2) is 47.6 Å². The Balaban J connectivity index is 1.55. The topological polar surface area (TPSA) is 81.8 Å². The fraction of sp³-hybridized carbons (Fsp3) is 0.400. The lowest BCUT2D eigenvalue weighted by molar-refractivity contribution is 0.185. The summed E-state index contributed by atoms with van der Waals surface area (Å²) in [6.07, 6.45) is 6.86. The Morgan fingerprint density at radius 3 is 2.77 bits per heavy atom. The quantitative estimate of drug-likeness (QED) is 0.588. The Morgan fingerprint density at radius 1 is 1.23 bits per heavy atom. The third-order valence-corrected chi connectivity index (χ3v) is 4.40. The molecule has 0 atom stereocenters. The summed E-state index contributed by atoms with van der Waals surface area (Å²) in [5.41, 5.74) is 8.92. The standard InChI is InChI=1S/C20H26N4O2/c1-25-14-16-6-2-5-9-18(16)24-20(21)23-13-15-10-11-19(22-12-15)26-17-7-3-4-8-17/h2,5-6,9-12,17H,3-4,7-8,13-14H2,1H3,(H3,21,23,24). The van der Waals surface area contributed by atoms with Crippen molar-refractivity contribution in [2.24, 2.45) is 10.7 Å². The Hall–Kier alpha value is -2.60. The van der Waals surface area contributed by atoms with Crippen molar-refractivity contribution in [3.63, 3.8) is 0 Å². The molecule has 0 radical (unpaired) electrons. The first-order valence-electron chi connectivity index (χ1n) is 9.00. The number of methoxy groups -OCH3 is 1. The molecule has 0 saturated heterocycles. The fourth-order valence-electron chi connectivity index (χ4n) is 3.03. The summed E-state index contributed by atoms with van der Waals surface area (Å²) in [6.45, 7) is 0.977. The molecule has 138 valence electrons. The van der Waals surface area contributed by atoms with E-state index in [1.54, 1.807) is 13.3 Å². The number of aromatic nitrogens is 1. The van der Waals surface area contributed by atoms with Crippen molar-refractivity contribution in [1.29, 1.82) is 0 Å². The average molecular weight is 354 g/mol. The van der Waals surface area contributed by atoms with Gasteiger partial charge in [-0.3, -0.25) is 0 Å². The SMILES string of the molecule is COCc1ccccc1NC(N)=NCc1ccc(OC2CCCC2)nc1. The third-order valence-electron chi connectivity index (χ3n) is 4.40. The second-order valence-electron chi connectivity index (χ2n) is 6.45. The van der Waals surface area contributed by atoms with Crippen LogP contribution in [-0.4, -0.2) is 24.2 Å². The number of rotatable bonds is 7. The lowest BCUT2D eigenvalue weighted by atomic mass is 10.2. The van der Waals surface area contributed by atoms with Crippen LogP contribution in [0.5, 0.6) is 5.88 Å². The van der Waals surface area contributed by atoms with Gasteiger partial charge >= 0.3 is 0 Å². The van der Waals surface area contributed by atoms with Crippen LogP contribution in [0.2, 0.25) is 0 Å². The molecule has 1 fully saturated rings. The predicted octanol–water partition coefficient (Wildman–Crippen LogP) is 3.48. The van der Waals surface area contributed by atoms with Crippen LogP contribution in [0.1, 0.15) is 36.8 Å². The van der Waals surface area contributed by atoms with Gasteiger partial charge in [0.15, 0.2) is 5.96 Å². The van der Waals surface area contributed by atoms with Crippen molar-refractivity contribution in [1.82, 2.24) is 4.98 Å². The van der Waals surface area contributed by atoms with E-state index in [9.17, 15) is 0 Å². The van der Waals surface area contributed by atoms with E-state index < -0.39 is 0 Å². The number of hydrogen-bond donors (Lipinski definition) is 2. The van der Waals surface area contributed by atoms with Crippen molar-refractivity contribution in [3.8, 4) is 5.88 Å². The van der Waals surface area contributed by atoms with Crippen molar-refractivity contribution in [2.45, 2.75) is 44.9 Å². The summed E-state index contributed by atoms with van der Waals surface area (Å²) in [7, 11) is 1.67. The van der Waals surface area contributed by atoms with Crippen LogP contribution in [0.25, 0.3) is 0 Å². The number of anilines is 1. The smallest absolute Gasteiger partial charge is 0.213 e. The maximum atomic E-state index is 6.01.